The Hall–Kier alpha value is -2.40. The Morgan fingerprint density at radius 3 is 2.67 bits per heavy atom. The first kappa shape index (κ1) is 19.6. The third-order valence-corrected chi connectivity index (χ3v) is 7.42. The van der Waals surface area contributed by atoms with Gasteiger partial charge in [0.05, 0.1) is 0 Å². The van der Waals surface area contributed by atoms with Crippen LogP contribution in [0.15, 0.2) is 24.4 Å². The Morgan fingerprint density at radius 2 is 1.93 bits per heavy atom. The van der Waals surface area contributed by atoms with Crippen LogP contribution in [0.3, 0.4) is 0 Å². The molecule has 0 radical (unpaired) electrons. The number of rotatable bonds is 4. The van der Waals surface area contributed by atoms with Crippen LogP contribution in [-0.2, 0) is 12.8 Å². The van der Waals surface area contributed by atoms with Gasteiger partial charge in [-0.25, -0.2) is 9.97 Å². The van der Waals surface area contributed by atoms with E-state index in [2.05, 4.69) is 55.2 Å². The third kappa shape index (κ3) is 3.20. The molecule has 0 spiro atoms. The van der Waals surface area contributed by atoms with Gasteiger partial charge >= 0.3 is 0 Å². The second-order valence-corrected chi connectivity index (χ2v) is 9.61. The largest absolute Gasteiger partial charge is 0.361 e. The van der Waals surface area contributed by atoms with E-state index in [9.17, 15) is 0 Å². The molecule has 1 saturated heterocycles. The predicted octanol–water partition coefficient (Wildman–Crippen LogP) is 4.23. The number of hydrogen-bond donors (Lipinski definition) is 1. The second-order valence-electron chi connectivity index (χ2n) is 9.61. The molecule has 2 aliphatic rings. The molecule has 1 aliphatic carbocycles. The maximum atomic E-state index is 4.72. The van der Waals surface area contributed by atoms with Gasteiger partial charge in [-0.2, -0.15) is 0 Å². The van der Waals surface area contributed by atoms with Gasteiger partial charge in [-0.05, 0) is 75.3 Å². The molecule has 2 aromatic heterocycles. The van der Waals surface area contributed by atoms with E-state index < -0.39 is 0 Å². The summed E-state index contributed by atoms with van der Waals surface area (Å²) in [5.41, 5.74) is 7.96. The number of aromatic nitrogens is 3. The molecule has 5 rings (SSSR count). The van der Waals surface area contributed by atoms with Gasteiger partial charge in [0.25, 0.3) is 0 Å². The number of likely N-dealkylation sites (N-methyl/N-ethyl adjacent to an activating group) is 1. The lowest BCUT2D eigenvalue weighted by Gasteiger charge is -2.45. The number of benzene rings is 1. The molecular formula is C25H33N5. The van der Waals surface area contributed by atoms with Crippen molar-refractivity contribution in [2.45, 2.75) is 51.5 Å². The van der Waals surface area contributed by atoms with Crippen LogP contribution in [0, 0.1) is 19.8 Å². The number of aryl methyl sites for hydroxylation is 2. The van der Waals surface area contributed by atoms with Crippen LogP contribution in [0.2, 0.25) is 0 Å². The molecule has 5 nitrogen and oxygen atoms in total. The maximum absolute atomic E-state index is 4.72. The zero-order chi connectivity index (χ0) is 21.0. The lowest BCUT2D eigenvalue weighted by molar-refractivity contribution is 0.108. The van der Waals surface area contributed by atoms with Gasteiger partial charge in [0.2, 0.25) is 5.95 Å². The van der Waals surface area contributed by atoms with Gasteiger partial charge < -0.3 is 14.8 Å². The number of nitrogens with one attached hydrogen (secondary N) is 1. The fourth-order valence-corrected chi connectivity index (χ4v) is 5.90. The summed E-state index contributed by atoms with van der Waals surface area (Å²) in [7, 11) is 6.33. The van der Waals surface area contributed by atoms with E-state index in [1.165, 1.54) is 47.8 Å². The van der Waals surface area contributed by atoms with E-state index in [4.69, 9.17) is 9.97 Å². The van der Waals surface area contributed by atoms with Crippen LogP contribution in [-0.4, -0.2) is 53.6 Å². The lowest BCUT2D eigenvalue weighted by atomic mass is 9.71. The average molecular weight is 404 g/mol. The number of likely N-dealkylation sites (tertiary alicyclic amines) is 1. The van der Waals surface area contributed by atoms with Gasteiger partial charge in [-0.1, -0.05) is 12.1 Å². The van der Waals surface area contributed by atoms with Crippen LogP contribution >= 0.6 is 0 Å². The molecule has 3 atom stereocenters. The highest BCUT2D eigenvalue weighted by molar-refractivity contribution is 5.88. The van der Waals surface area contributed by atoms with Crippen molar-refractivity contribution in [1.82, 2.24) is 19.9 Å². The minimum Gasteiger partial charge on any atom is -0.361 e. The molecule has 158 valence electrons. The van der Waals surface area contributed by atoms with Crippen molar-refractivity contribution in [3.8, 4) is 0 Å². The standard InChI is InChI=1S/C25H33N5/c1-15-19(16(2)28-25(27-15)29(3)4)10-9-17-11-21-20-7-6-8-22-24(20)18(13-26-22)12-23(21)30(5)14-17/h6-8,13,17,21,23,26H,9-12,14H2,1-5H3/t17-,21-,23-/m1/s1. The van der Waals surface area contributed by atoms with Crippen molar-refractivity contribution in [2.24, 2.45) is 5.92 Å². The summed E-state index contributed by atoms with van der Waals surface area (Å²) in [6.45, 7) is 5.45. The molecule has 1 aliphatic heterocycles. The Kier molecular flexibility index (Phi) is 4.81. The molecule has 3 heterocycles. The number of anilines is 1. The Bertz CT molecular complexity index is 1060. The molecule has 5 heteroatoms. The highest BCUT2D eigenvalue weighted by Gasteiger charge is 2.39. The van der Waals surface area contributed by atoms with Crippen LogP contribution in [0.25, 0.3) is 10.9 Å². The molecule has 30 heavy (non-hydrogen) atoms. The van der Waals surface area contributed by atoms with E-state index >= 15 is 0 Å². The Labute approximate surface area is 179 Å². The second kappa shape index (κ2) is 7.38. The van der Waals surface area contributed by atoms with Crippen molar-refractivity contribution in [3.63, 3.8) is 0 Å². The zero-order valence-electron chi connectivity index (χ0n) is 18.9. The normalized spacial score (nSPS) is 23.6. The molecule has 0 bridgehead atoms. The smallest absolute Gasteiger partial charge is 0.225 e. The minimum atomic E-state index is 0.626. The van der Waals surface area contributed by atoms with Gasteiger partial charge in [0, 0.05) is 61.1 Å². The molecule has 0 saturated carbocycles. The average Bonchev–Trinajstić information content (AvgIpc) is 3.12. The van der Waals surface area contributed by atoms with E-state index in [0.29, 0.717) is 17.9 Å². The first-order valence-electron chi connectivity index (χ1n) is 11.2. The van der Waals surface area contributed by atoms with Crippen LogP contribution in [0.5, 0.6) is 0 Å². The van der Waals surface area contributed by atoms with Crippen molar-refractivity contribution in [3.05, 3.63) is 52.5 Å². The fraction of sp³-hybridized carbons (Fsp3) is 0.520. The molecule has 1 aromatic carbocycles. The van der Waals surface area contributed by atoms with Crippen molar-refractivity contribution in [1.29, 1.82) is 0 Å². The Morgan fingerprint density at radius 1 is 1.17 bits per heavy atom. The number of aromatic amines is 1. The summed E-state index contributed by atoms with van der Waals surface area (Å²) < 4.78 is 0. The fourth-order valence-electron chi connectivity index (χ4n) is 5.90. The molecule has 0 amide bonds. The highest BCUT2D eigenvalue weighted by Crippen LogP contribution is 2.45. The third-order valence-electron chi connectivity index (χ3n) is 7.42. The number of piperidine rings is 1. The van der Waals surface area contributed by atoms with E-state index in [1.807, 2.05) is 19.0 Å². The van der Waals surface area contributed by atoms with Gasteiger partial charge in [-0.15, -0.1) is 0 Å². The highest BCUT2D eigenvalue weighted by atomic mass is 15.2. The monoisotopic (exact) mass is 403 g/mol. The molecular weight excluding hydrogens is 370 g/mol. The SMILES string of the molecule is Cc1nc(N(C)C)nc(C)c1CC[C@@H]1C[C@@H]2c3cccc4[nH]cc(c34)C[C@H]2N(C)C1. The summed E-state index contributed by atoms with van der Waals surface area (Å²) >= 11 is 0. The van der Waals surface area contributed by atoms with Gasteiger partial charge in [-0.3, -0.25) is 0 Å². The van der Waals surface area contributed by atoms with Crippen LogP contribution in [0.1, 0.15) is 46.8 Å². The molecule has 3 aromatic rings. The van der Waals surface area contributed by atoms with Crippen molar-refractivity contribution in [2.75, 3.05) is 32.6 Å². The first-order chi connectivity index (χ1) is 14.4. The number of hydrogen-bond acceptors (Lipinski definition) is 4. The predicted molar refractivity (Wildman–Crippen MR) is 123 cm³/mol. The quantitative estimate of drug-likeness (QED) is 0.708. The molecule has 1 fully saturated rings. The Balaban J connectivity index is 1.36. The topological polar surface area (TPSA) is 48.1 Å². The van der Waals surface area contributed by atoms with E-state index in [1.54, 1.807) is 5.56 Å². The van der Waals surface area contributed by atoms with Gasteiger partial charge in [0.15, 0.2) is 0 Å². The minimum absolute atomic E-state index is 0.626. The zero-order valence-corrected chi connectivity index (χ0v) is 18.9. The molecule has 1 N–H and O–H groups in total. The summed E-state index contributed by atoms with van der Waals surface area (Å²) in [4.78, 5) is 17.5. The van der Waals surface area contributed by atoms with E-state index in [0.717, 1.165) is 23.8 Å². The summed E-state index contributed by atoms with van der Waals surface area (Å²) in [6, 6.07) is 7.44. The molecule has 0 unspecified atom stereocenters. The summed E-state index contributed by atoms with van der Waals surface area (Å²) in [6.07, 6.45) is 6.96. The maximum Gasteiger partial charge on any atom is 0.225 e. The van der Waals surface area contributed by atoms with Crippen molar-refractivity contribution < 1.29 is 0 Å². The van der Waals surface area contributed by atoms with Crippen LogP contribution in [0.4, 0.5) is 5.95 Å². The number of nitrogens with zero attached hydrogens (tertiary/aromatic N) is 4. The summed E-state index contributed by atoms with van der Waals surface area (Å²) in [5.74, 6) is 2.15. The number of H-pyrrole nitrogens is 1. The number of fused-ring (bicyclic) bond motifs is 2. The summed E-state index contributed by atoms with van der Waals surface area (Å²) in [5, 5.41) is 1.49. The van der Waals surface area contributed by atoms with Crippen molar-refractivity contribution >= 4 is 16.9 Å². The lowest BCUT2D eigenvalue weighted by Crippen LogP contribution is -2.47. The van der Waals surface area contributed by atoms with E-state index in [-0.39, 0.29) is 0 Å². The van der Waals surface area contributed by atoms with Crippen LogP contribution < -0.4 is 4.90 Å². The van der Waals surface area contributed by atoms with Gasteiger partial charge in [0.1, 0.15) is 0 Å². The first-order valence-corrected chi connectivity index (χ1v) is 11.2.